The zero-order valence-electron chi connectivity index (χ0n) is 5.92. The maximum atomic E-state index is 10.4. The Balaban J connectivity index is 3.57. The summed E-state index contributed by atoms with van der Waals surface area (Å²) in [5.41, 5.74) is 0. The van der Waals surface area contributed by atoms with E-state index in [-0.39, 0.29) is 5.97 Å². The van der Waals surface area contributed by atoms with E-state index in [1.54, 1.807) is 11.1 Å². The zero-order valence-corrected chi connectivity index (χ0v) is 5.92. The van der Waals surface area contributed by atoms with Gasteiger partial charge >= 0.3 is 5.97 Å². The van der Waals surface area contributed by atoms with Crippen LogP contribution in [-0.4, -0.2) is 32.1 Å². The van der Waals surface area contributed by atoms with E-state index in [0.717, 1.165) is 0 Å². The van der Waals surface area contributed by atoms with Crippen molar-refractivity contribution in [3.05, 3.63) is 12.3 Å². The van der Waals surface area contributed by atoms with E-state index in [0.29, 0.717) is 0 Å². The largest absolute Gasteiger partial charge is 0.466 e. The molecule has 0 aliphatic carbocycles. The van der Waals surface area contributed by atoms with Gasteiger partial charge in [-0.25, -0.2) is 4.79 Å². The molecule has 3 nitrogen and oxygen atoms in total. The summed E-state index contributed by atoms with van der Waals surface area (Å²) in [7, 11) is 5.02. The van der Waals surface area contributed by atoms with Gasteiger partial charge in [-0.2, -0.15) is 0 Å². The molecule has 0 spiro atoms. The lowest BCUT2D eigenvalue weighted by molar-refractivity contribution is -0.134. The van der Waals surface area contributed by atoms with Crippen LogP contribution < -0.4 is 0 Å². The third-order valence-electron chi connectivity index (χ3n) is 0.710. The first-order chi connectivity index (χ1) is 4.16. The molecular formula is C6H11NO2. The van der Waals surface area contributed by atoms with Gasteiger partial charge in [0.05, 0.1) is 7.11 Å². The van der Waals surface area contributed by atoms with Gasteiger partial charge in [0.15, 0.2) is 0 Å². The maximum Gasteiger partial charge on any atom is 0.331 e. The molecule has 0 amide bonds. The quantitative estimate of drug-likeness (QED) is 0.395. The smallest absolute Gasteiger partial charge is 0.331 e. The van der Waals surface area contributed by atoms with Crippen molar-refractivity contribution >= 4 is 5.97 Å². The molecule has 0 aromatic heterocycles. The Hall–Kier alpha value is -0.990. The Morgan fingerprint density at radius 2 is 2.11 bits per heavy atom. The van der Waals surface area contributed by atoms with Gasteiger partial charge in [-0.1, -0.05) is 0 Å². The molecule has 52 valence electrons. The summed E-state index contributed by atoms with van der Waals surface area (Å²) < 4.78 is 4.35. The third-order valence-corrected chi connectivity index (χ3v) is 0.710. The van der Waals surface area contributed by atoms with Gasteiger partial charge in [0.1, 0.15) is 0 Å². The zero-order chi connectivity index (χ0) is 7.28. The van der Waals surface area contributed by atoms with Gasteiger partial charge < -0.3 is 9.64 Å². The number of hydrogen-bond donors (Lipinski definition) is 0. The molecule has 0 unspecified atom stereocenters. The molecule has 0 radical (unpaired) electrons. The van der Waals surface area contributed by atoms with Crippen LogP contribution in [0.15, 0.2) is 12.3 Å². The minimum absolute atomic E-state index is 0.330. The van der Waals surface area contributed by atoms with Crippen molar-refractivity contribution in [2.45, 2.75) is 0 Å². The lowest BCUT2D eigenvalue weighted by Crippen LogP contribution is -2.03. The second kappa shape index (κ2) is 3.95. The monoisotopic (exact) mass is 129 g/mol. The fourth-order valence-electron chi connectivity index (χ4n) is 0.278. The summed E-state index contributed by atoms with van der Waals surface area (Å²) in [6.45, 7) is 0. The molecule has 9 heavy (non-hydrogen) atoms. The van der Waals surface area contributed by atoms with Crippen LogP contribution in [0.5, 0.6) is 0 Å². The first kappa shape index (κ1) is 8.01. The maximum absolute atomic E-state index is 10.4. The van der Waals surface area contributed by atoms with Crippen molar-refractivity contribution < 1.29 is 9.53 Å². The van der Waals surface area contributed by atoms with Crippen molar-refractivity contribution in [1.82, 2.24) is 4.90 Å². The normalized spacial score (nSPS) is 9.67. The third kappa shape index (κ3) is 4.87. The van der Waals surface area contributed by atoms with Crippen LogP contribution in [0.25, 0.3) is 0 Å². The van der Waals surface area contributed by atoms with E-state index in [1.807, 2.05) is 14.1 Å². The summed E-state index contributed by atoms with van der Waals surface area (Å²) in [6, 6.07) is 0. The summed E-state index contributed by atoms with van der Waals surface area (Å²) in [4.78, 5) is 12.1. The molecule has 0 aromatic rings. The Kier molecular flexibility index (Phi) is 3.51. The fraction of sp³-hybridized carbons (Fsp3) is 0.500. The number of carbonyl (C=O) groups is 1. The highest BCUT2D eigenvalue weighted by Crippen LogP contribution is 1.79. The Morgan fingerprint density at radius 3 is 2.44 bits per heavy atom. The van der Waals surface area contributed by atoms with E-state index in [4.69, 9.17) is 0 Å². The van der Waals surface area contributed by atoms with Gasteiger partial charge in [-0.05, 0) is 0 Å². The minimum atomic E-state index is -0.330. The van der Waals surface area contributed by atoms with E-state index >= 15 is 0 Å². The van der Waals surface area contributed by atoms with Crippen LogP contribution in [-0.2, 0) is 9.53 Å². The van der Waals surface area contributed by atoms with E-state index in [9.17, 15) is 4.79 Å². The number of rotatable bonds is 2. The van der Waals surface area contributed by atoms with Crippen LogP contribution in [0.1, 0.15) is 0 Å². The van der Waals surface area contributed by atoms with Gasteiger partial charge in [-0.3, -0.25) is 0 Å². The van der Waals surface area contributed by atoms with Crippen molar-refractivity contribution in [2.24, 2.45) is 0 Å². The van der Waals surface area contributed by atoms with Crippen molar-refractivity contribution in [2.75, 3.05) is 21.2 Å². The molecule has 0 saturated carbocycles. The van der Waals surface area contributed by atoms with Gasteiger partial charge in [0.25, 0.3) is 0 Å². The summed E-state index contributed by atoms with van der Waals surface area (Å²) in [5, 5.41) is 0. The molecule has 0 saturated heterocycles. The standard InChI is InChI=1S/C6H11NO2/c1-7(2)5-4-6(8)9-3/h4-5H,1-3H3/b5-4-. The topological polar surface area (TPSA) is 29.5 Å². The lowest BCUT2D eigenvalue weighted by Gasteiger charge is -2.01. The molecule has 0 N–H and O–H groups in total. The molecule has 0 atom stereocenters. The summed E-state index contributed by atoms with van der Waals surface area (Å²) >= 11 is 0. The number of esters is 1. The van der Waals surface area contributed by atoms with Gasteiger partial charge in [0, 0.05) is 26.4 Å². The minimum Gasteiger partial charge on any atom is -0.466 e. The number of nitrogens with zero attached hydrogens (tertiary/aromatic N) is 1. The molecular weight excluding hydrogens is 118 g/mol. The molecule has 0 aliphatic heterocycles. The number of hydrogen-bond acceptors (Lipinski definition) is 3. The van der Waals surface area contributed by atoms with Crippen molar-refractivity contribution in [3.63, 3.8) is 0 Å². The predicted molar refractivity (Wildman–Crippen MR) is 34.8 cm³/mol. The molecule has 0 fully saturated rings. The van der Waals surface area contributed by atoms with E-state index in [2.05, 4.69) is 4.74 Å². The highest BCUT2D eigenvalue weighted by molar-refractivity contribution is 5.81. The van der Waals surface area contributed by atoms with Crippen LogP contribution in [0.4, 0.5) is 0 Å². The van der Waals surface area contributed by atoms with Crippen molar-refractivity contribution in [3.8, 4) is 0 Å². The van der Waals surface area contributed by atoms with E-state index in [1.165, 1.54) is 13.2 Å². The first-order valence-electron chi connectivity index (χ1n) is 2.59. The molecule has 0 heterocycles. The van der Waals surface area contributed by atoms with Crippen LogP contribution in [0.3, 0.4) is 0 Å². The number of ether oxygens (including phenoxy) is 1. The Morgan fingerprint density at radius 1 is 1.56 bits per heavy atom. The number of carbonyl (C=O) groups excluding carboxylic acids is 1. The Bertz CT molecular complexity index is 118. The van der Waals surface area contributed by atoms with Gasteiger partial charge in [0.2, 0.25) is 0 Å². The highest BCUT2D eigenvalue weighted by Gasteiger charge is 1.88. The van der Waals surface area contributed by atoms with Crippen LogP contribution >= 0.6 is 0 Å². The summed E-state index contributed by atoms with van der Waals surface area (Å²) in [6.07, 6.45) is 2.99. The first-order valence-corrected chi connectivity index (χ1v) is 2.59. The van der Waals surface area contributed by atoms with Crippen LogP contribution in [0.2, 0.25) is 0 Å². The molecule has 0 aromatic carbocycles. The molecule has 0 rings (SSSR count). The SMILES string of the molecule is COC(=O)/C=C\N(C)C. The predicted octanol–water partition coefficient (Wildman–Crippen LogP) is 0.235. The molecule has 0 bridgehead atoms. The molecule has 3 heteroatoms. The van der Waals surface area contributed by atoms with Crippen LogP contribution in [0, 0.1) is 0 Å². The molecule has 0 aliphatic rings. The van der Waals surface area contributed by atoms with Crippen molar-refractivity contribution in [1.29, 1.82) is 0 Å². The fourth-order valence-corrected chi connectivity index (χ4v) is 0.278. The average Bonchev–Trinajstić information content (AvgIpc) is 1.83. The summed E-state index contributed by atoms with van der Waals surface area (Å²) in [5.74, 6) is -0.330. The second-order valence-corrected chi connectivity index (χ2v) is 1.80. The van der Waals surface area contributed by atoms with E-state index < -0.39 is 0 Å². The second-order valence-electron chi connectivity index (χ2n) is 1.80. The number of methoxy groups -OCH3 is 1. The average molecular weight is 129 g/mol. The Labute approximate surface area is 54.9 Å². The highest BCUT2D eigenvalue weighted by atomic mass is 16.5. The lowest BCUT2D eigenvalue weighted by atomic mass is 10.6. The van der Waals surface area contributed by atoms with Gasteiger partial charge in [-0.15, -0.1) is 0 Å².